The number of hydrogen-bond donors (Lipinski definition) is 1. The van der Waals surface area contributed by atoms with E-state index in [0.717, 1.165) is 5.56 Å². The van der Waals surface area contributed by atoms with Crippen LogP contribution in [0.25, 0.3) is 0 Å². The Bertz CT molecular complexity index is 842. The monoisotopic (exact) mass is 377 g/mol. The highest BCUT2D eigenvalue weighted by Gasteiger charge is 2.30. The number of rotatable bonds is 4. The number of anilines is 1. The molecule has 1 N–H and O–H groups in total. The Hall–Kier alpha value is -2.60. The van der Waals surface area contributed by atoms with Crippen LogP contribution in [0.15, 0.2) is 42.5 Å². The molecule has 0 fully saturated rings. The van der Waals surface area contributed by atoms with Crippen LogP contribution in [0, 0.1) is 11.7 Å². The molecular weight excluding hydrogens is 361 g/mol. The van der Waals surface area contributed by atoms with Gasteiger partial charge in [-0.3, -0.25) is 9.59 Å². The predicted octanol–water partition coefficient (Wildman–Crippen LogP) is 3.60. The summed E-state index contributed by atoms with van der Waals surface area (Å²) in [6.07, 6.45) is -0.654. The van der Waals surface area contributed by atoms with E-state index >= 15 is 0 Å². The standard InChI is InChI=1S/C19H17ClFNO4/c1-11(18(23)22-16-5-3-2-4-15(16)21)26-19(24)13-8-12-9-14(20)6-7-17(12)25-10-13/h2-7,9,11,13H,8,10H2,1H3,(H,22,23)/t11-,13-/m1/s1. The van der Waals surface area contributed by atoms with Gasteiger partial charge in [-0.15, -0.1) is 0 Å². The molecule has 1 aliphatic heterocycles. The number of esters is 1. The largest absolute Gasteiger partial charge is 0.492 e. The molecule has 0 spiro atoms. The maximum atomic E-state index is 13.6. The lowest BCUT2D eigenvalue weighted by molar-refractivity contribution is -0.158. The zero-order valence-corrected chi connectivity index (χ0v) is 14.8. The number of amides is 1. The topological polar surface area (TPSA) is 64.6 Å². The molecule has 3 rings (SSSR count). The van der Waals surface area contributed by atoms with Crippen LogP contribution in [0.1, 0.15) is 12.5 Å². The van der Waals surface area contributed by atoms with E-state index in [1.807, 2.05) is 0 Å². The number of para-hydroxylation sites is 1. The molecule has 1 amide bonds. The summed E-state index contributed by atoms with van der Waals surface area (Å²) in [7, 11) is 0. The van der Waals surface area contributed by atoms with Gasteiger partial charge in [0, 0.05) is 5.02 Å². The van der Waals surface area contributed by atoms with Crippen molar-refractivity contribution >= 4 is 29.2 Å². The smallest absolute Gasteiger partial charge is 0.313 e. The van der Waals surface area contributed by atoms with Crippen LogP contribution in [0.2, 0.25) is 5.02 Å². The average molecular weight is 378 g/mol. The van der Waals surface area contributed by atoms with Crippen molar-refractivity contribution in [3.63, 3.8) is 0 Å². The van der Waals surface area contributed by atoms with Gasteiger partial charge in [0.2, 0.25) is 0 Å². The fourth-order valence-electron chi connectivity index (χ4n) is 2.64. The van der Waals surface area contributed by atoms with Crippen LogP contribution in [-0.4, -0.2) is 24.6 Å². The normalized spacial score (nSPS) is 16.8. The zero-order chi connectivity index (χ0) is 18.7. The number of carbonyl (C=O) groups is 2. The summed E-state index contributed by atoms with van der Waals surface area (Å²) in [5.74, 6) is -1.57. The van der Waals surface area contributed by atoms with E-state index in [2.05, 4.69) is 5.32 Å². The van der Waals surface area contributed by atoms with Gasteiger partial charge < -0.3 is 14.8 Å². The van der Waals surface area contributed by atoms with Crippen LogP contribution < -0.4 is 10.1 Å². The minimum Gasteiger partial charge on any atom is -0.492 e. The van der Waals surface area contributed by atoms with Crippen LogP contribution >= 0.6 is 11.6 Å². The number of halogens is 2. The average Bonchev–Trinajstić information content (AvgIpc) is 2.62. The van der Waals surface area contributed by atoms with E-state index in [1.165, 1.54) is 25.1 Å². The molecular formula is C19H17ClFNO4. The minimum absolute atomic E-state index is 0.0324. The lowest BCUT2D eigenvalue weighted by Crippen LogP contribution is -2.36. The molecule has 0 bridgehead atoms. The third-order valence-corrected chi connectivity index (χ3v) is 4.29. The van der Waals surface area contributed by atoms with Crippen molar-refractivity contribution in [1.29, 1.82) is 0 Å². The highest BCUT2D eigenvalue weighted by molar-refractivity contribution is 6.30. The van der Waals surface area contributed by atoms with Gasteiger partial charge in [0.25, 0.3) is 5.91 Å². The summed E-state index contributed by atoms with van der Waals surface area (Å²) >= 11 is 5.96. The molecule has 2 aromatic rings. The SMILES string of the molecule is C[C@@H](OC(=O)[C@H]1COc2ccc(Cl)cc2C1)C(=O)Nc1ccccc1F. The first-order chi connectivity index (χ1) is 12.4. The molecule has 1 heterocycles. The second-order valence-electron chi connectivity index (χ2n) is 6.01. The van der Waals surface area contributed by atoms with E-state index < -0.39 is 29.7 Å². The third kappa shape index (κ3) is 4.14. The molecule has 0 saturated heterocycles. The number of fused-ring (bicyclic) bond motifs is 1. The van der Waals surface area contributed by atoms with Gasteiger partial charge in [-0.2, -0.15) is 0 Å². The molecule has 2 aromatic carbocycles. The van der Waals surface area contributed by atoms with Gasteiger partial charge in [0.15, 0.2) is 6.10 Å². The van der Waals surface area contributed by atoms with E-state index in [9.17, 15) is 14.0 Å². The fourth-order valence-corrected chi connectivity index (χ4v) is 2.83. The summed E-state index contributed by atoms with van der Waals surface area (Å²) < 4.78 is 24.4. The van der Waals surface area contributed by atoms with Crippen molar-refractivity contribution in [1.82, 2.24) is 0 Å². The van der Waals surface area contributed by atoms with Crippen LogP contribution in [0.3, 0.4) is 0 Å². The first-order valence-electron chi connectivity index (χ1n) is 8.11. The Balaban J connectivity index is 1.59. The van der Waals surface area contributed by atoms with Crippen LogP contribution in [-0.2, 0) is 20.7 Å². The van der Waals surface area contributed by atoms with Crippen molar-refractivity contribution in [3.8, 4) is 5.75 Å². The zero-order valence-electron chi connectivity index (χ0n) is 14.0. The van der Waals surface area contributed by atoms with Crippen molar-refractivity contribution < 1.29 is 23.5 Å². The molecule has 0 saturated carbocycles. The number of hydrogen-bond acceptors (Lipinski definition) is 4. The Morgan fingerprint density at radius 2 is 2.08 bits per heavy atom. The number of nitrogens with one attached hydrogen (secondary N) is 1. The lowest BCUT2D eigenvalue weighted by Gasteiger charge is -2.25. The van der Waals surface area contributed by atoms with Crippen molar-refractivity contribution in [2.75, 3.05) is 11.9 Å². The van der Waals surface area contributed by atoms with Crippen LogP contribution in [0.4, 0.5) is 10.1 Å². The van der Waals surface area contributed by atoms with Gasteiger partial charge in [0.05, 0.1) is 11.6 Å². The number of benzene rings is 2. The van der Waals surface area contributed by atoms with Gasteiger partial charge in [-0.1, -0.05) is 23.7 Å². The molecule has 26 heavy (non-hydrogen) atoms. The second kappa shape index (κ2) is 7.74. The molecule has 1 aliphatic rings. The summed E-state index contributed by atoms with van der Waals surface area (Å²) in [6.45, 7) is 1.59. The summed E-state index contributed by atoms with van der Waals surface area (Å²) in [4.78, 5) is 24.5. The van der Waals surface area contributed by atoms with Crippen molar-refractivity contribution in [2.45, 2.75) is 19.4 Å². The Kier molecular flexibility index (Phi) is 5.42. The maximum Gasteiger partial charge on any atom is 0.313 e. The van der Waals surface area contributed by atoms with Crippen molar-refractivity contribution in [3.05, 3.63) is 58.9 Å². The predicted molar refractivity (Wildman–Crippen MR) is 94.7 cm³/mol. The first-order valence-corrected chi connectivity index (χ1v) is 8.49. The second-order valence-corrected chi connectivity index (χ2v) is 6.45. The highest BCUT2D eigenvalue weighted by atomic mass is 35.5. The Morgan fingerprint density at radius 3 is 2.85 bits per heavy atom. The Labute approximate surface area is 155 Å². The highest BCUT2D eigenvalue weighted by Crippen LogP contribution is 2.30. The molecule has 0 aromatic heterocycles. The van der Waals surface area contributed by atoms with Gasteiger partial charge >= 0.3 is 5.97 Å². The quantitative estimate of drug-likeness (QED) is 0.827. The molecule has 5 nitrogen and oxygen atoms in total. The van der Waals surface area contributed by atoms with E-state index in [0.29, 0.717) is 17.2 Å². The summed E-state index contributed by atoms with van der Waals surface area (Å²) in [5.41, 5.74) is 0.846. The molecule has 136 valence electrons. The molecule has 0 aliphatic carbocycles. The molecule has 0 unspecified atom stereocenters. The fraction of sp³-hybridized carbons (Fsp3) is 0.263. The molecule has 2 atom stereocenters. The van der Waals surface area contributed by atoms with E-state index in [-0.39, 0.29) is 12.3 Å². The number of ether oxygens (including phenoxy) is 2. The Morgan fingerprint density at radius 1 is 1.31 bits per heavy atom. The molecule has 0 radical (unpaired) electrons. The lowest BCUT2D eigenvalue weighted by atomic mass is 9.97. The third-order valence-electron chi connectivity index (χ3n) is 4.06. The van der Waals surface area contributed by atoms with Gasteiger partial charge in [0.1, 0.15) is 18.2 Å². The number of carbonyl (C=O) groups excluding carboxylic acids is 2. The first kappa shape index (κ1) is 18.2. The minimum atomic E-state index is -1.07. The summed E-state index contributed by atoms with van der Waals surface area (Å²) in [5, 5.41) is 2.96. The van der Waals surface area contributed by atoms with Crippen LogP contribution in [0.5, 0.6) is 5.75 Å². The van der Waals surface area contributed by atoms with Gasteiger partial charge in [-0.05, 0) is 49.2 Å². The molecule has 7 heteroatoms. The maximum absolute atomic E-state index is 13.6. The van der Waals surface area contributed by atoms with E-state index in [4.69, 9.17) is 21.1 Å². The van der Waals surface area contributed by atoms with Gasteiger partial charge in [-0.25, -0.2) is 4.39 Å². The van der Waals surface area contributed by atoms with E-state index in [1.54, 1.807) is 24.3 Å². The summed E-state index contributed by atoms with van der Waals surface area (Å²) in [6, 6.07) is 11.0. The van der Waals surface area contributed by atoms with Crippen molar-refractivity contribution in [2.24, 2.45) is 5.92 Å².